The van der Waals surface area contributed by atoms with Crippen LogP contribution in [-0.4, -0.2) is 87.9 Å². The lowest BCUT2D eigenvalue weighted by Crippen LogP contribution is -2.55. The molecule has 1 amide bonds. The molecule has 1 N–H and O–H groups in total. The van der Waals surface area contributed by atoms with E-state index in [-0.39, 0.29) is 12.0 Å². The van der Waals surface area contributed by atoms with Gasteiger partial charge in [-0.3, -0.25) is 9.79 Å². The van der Waals surface area contributed by atoms with Gasteiger partial charge in [-0.2, -0.15) is 0 Å². The Bertz CT molecular complexity index is 726. The lowest BCUT2D eigenvalue weighted by atomic mass is 10.1. The number of rotatable bonds is 7. The first kappa shape index (κ1) is 22.2. The van der Waals surface area contributed by atoms with Gasteiger partial charge in [-0.1, -0.05) is 6.07 Å². The Morgan fingerprint density at radius 3 is 2.53 bits per heavy atom. The summed E-state index contributed by atoms with van der Waals surface area (Å²) < 4.78 is 16.2. The largest absolute Gasteiger partial charge is 0.493 e. The molecule has 0 radical (unpaired) electrons. The van der Waals surface area contributed by atoms with Gasteiger partial charge in [-0.25, -0.2) is 0 Å². The van der Waals surface area contributed by atoms with Gasteiger partial charge in [0.1, 0.15) is 6.10 Å². The van der Waals surface area contributed by atoms with E-state index in [2.05, 4.69) is 17.1 Å². The van der Waals surface area contributed by atoms with Crippen molar-refractivity contribution in [3.05, 3.63) is 23.8 Å². The average Bonchev–Trinajstić information content (AvgIpc) is 3.33. The molecular formula is C22H34N4O4. The van der Waals surface area contributed by atoms with Crippen LogP contribution in [0.2, 0.25) is 0 Å². The van der Waals surface area contributed by atoms with Crippen molar-refractivity contribution in [3.8, 4) is 11.5 Å². The molecule has 0 saturated carbocycles. The van der Waals surface area contributed by atoms with E-state index < -0.39 is 0 Å². The monoisotopic (exact) mass is 418 g/mol. The van der Waals surface area contributed by atoms with E-state index in [0.717, 1.165) is 61.9 Å². The van der Waals surface area contributed by atoms with Gasteiger partial charge in [0.25, 0.3) is 5.91 Å². The predicted molar refractivity (Wildman–Crippen MR) is 116 cm³/mol. The van der Waals surface area contributed by atoms with E-state index in [1.807, 2.05) is 23.1 Å². The molecule has 2 heterocycles. The van der Waals surface area contributed by atoms with Crippen LogP contribution >= 0.6 is 0 Å². The number of guanidine groups is 1. The maximum atomic E-state index is 12.5. The third kappa shape index (κ3) is 5.56. The molecule has 0 aromatic heterocycles. The highest BCUT2D eigenvalue weighted by Gasteiger charge is 2.30. The van der Waals surface area contributed by atoms with E-state index in [0.29, 0.717) is 26.2 Å². The van der Waals surface area contributed by atoms with Crippen molar-refractivity contribution in [1.82, 2.24) is 15.1 Å². The third-order valence-corrected chi connectivity index (χ3v) is 5.54. The highest BCUT2D eigenvalue weighted by atomic mass is 16.5. The Balaban J connectivity index is 1.54. The second-order valence-electron chi connectivity index (χ2n) is 7.49. The number of benzene rings is 1. The zero-order chi connectivity index (χ0) is 21.3. The van der Waals surface area contributed by atoms with Crippen molar-refractivity contribution in [2.75, 3.05) is 60.1 Å². The normalized spacial score (nSPS) is 19.7. The summed E-state index contributed by atoms with van der Waals surface area (Å²) in [5.41, 5.74) is 1.15. The fourth-order valence-corrected chi connectivity index (χ4v) is 3.87. The molecule has 8 nitrogen and oxygen atoms in total. The molecular weight excluding hydrogens is 384 g/mol. The van der Waals surface area contributed by atoms with E-state index in [9.17, 15) is 4.79 Å². The lowest BCUT2D eigenvalue weighted by molar-refractivity contribution is -0.142. The number of hydrogen-bond donors (Lipinski definition) is 1. The van der Waals surface area contributed by atoms with E-state index >= 15 is 0 Å². The highest BCUT2D eigenvalue weighted by Crippen LogP contribution is 2.27. The van der Waals surface area contributed by atoms with Gasteiger partial charge in [0.15, 0.2) is 17.5 Å². The van der Waals surface area contributed by atoms with Crippen molar-refractivity contribution in [3.63, 3.8) is 0 Å². The first-order chi connectivity index (χ1) is 14.7. The first-order valence-corrected chi connectivity index (χ1v) is 10.8. The van der Waals surface area contributed by atoms with Crippen molar-refractivity contribution >= 4 is 11.9 Å². The van der Waals surface area contributed by atoms with Crippen molar-refractivity contribution < 1.29 is 19.0 Å². The zero-order valence-corrected chi connectivity index (χ0v) is 18.4. The summed E-state index contributed by atoms with van der Waals surface area (Å²) in [6, 6.07) is 5.96. The Labute approximate surface area is 179 Å². The number of hydrogen-bond acceptors (Lipinski definition) is 5. The van der Waals surface area contributed by atoms with Crippen LogP contribution in [0, 0.1) is 0 Å². The summed E-state index contributed by atoms with van der Waals surface area (Å²) in [6.07, 6.45) is 2.40. The maximum Gasteiger partial charge on any atom is 0.251 e. The summed E-state index contributed by atoms with van der Waals surface area (Å²) in [5, 5.41) is 3.38. The number of nitrogens with zero attached hydrogens (tertiary/aromatic N) is 3. The average molecular weight is 419 g/mol. The fourth-order valence-electron chi connectivity index (χ4n) is 3.87. The molecule has 2 fully saturated rings. The molecule has 1 aromatic carbocycles. The Kier molecular flexibility index (Phi) is 8.19. The number of carbonyl (C=O) groups excluding carboxylic acids is 1. The van der Waals surface area contributed by atoms with Gasteiger partial charge in [0.05, 0.1) is 14.2 Å². The minimum absolute atomic E-state index is 0.141. The van der Waals surface area contributed by atoms with Crippen LogP contribution in [0.4, 0.5) is 0 Å². The van der Waals surface area contributed by atoms with Crippen molar-refractivity contribution in [2.24, 2.45) is 4.99 Å². The van der Waals surface area contributed by atoms with Gasteiger partial charge in [0.2, 0.25) is 0 Å². The smallest absolute Gasteiger partial charge is 0.251 e. The Morgan fingerprint density at radius 2 is 1.90 bits per heavy atom. The Hall–Kier alpha value is -2.48. The number of piperazine rings is 1. The van der Waals surface area contributed by atoms with Crippen LogP contribution in [0.15, 0.2) is 23.2 Å². The topological polar surface area (TPSA) is 75.6 Å². The molecule has 1 unspecified atom stereocenters. The van der Waals surface area contributed by atoms with E-state index in [1.54, 1.807) is 14.2 Å². The SMILES string of the molecule is CCNC(=NCCc1ccc(OC)c(OC)c1)N1CCN(C(=O)C2CCCO2)CC1. The number of nitrogens with one attached hydrogen (secondary N) is 1. The number of carbonyl (C=O) groups is 1. The molecule has 0 aliphatic carbocycles. The summed E-state index contributed by atoms with van der Waals surface area (Å²) in [5.74, 6) is 2.51. The number of amides is 1. The van der Waals surface area contributed by atoms with E-state index in [1.165, 1.54) is 0 Å². The second kappa shape index (κ2) is 11.1. The molecule has 1 aromatic rings. The second-order valence-corrected chi connectivity index (χ2v) is 7.49. The third-order valence-electron chi connectivity index (χ3n) is 5.54. The zero-order valence-electron chi connectivity index (χ0n) is 18.4. The quantitative estimate of drug-likeness (QED) is 0.535. The molecule has 0 bridgehead atoms. The van der Waals surface area contributed by atoms with Gasteiger partial charge in [-0.15, -0.1) is 0 Å². The van der Waals surface area contributed by atoms with Gasteiger partial charge < -0.3 is 29.3 Å². The van der Waals surface area contributed by atoms with Crippen LogP contribution < -0.4 is 14.8 Å². The van der Waals surface area contributed by atoms with E-state index in [4.69, 9.17) is 19.2 Å². The Morgan fingerprint density at radius 1 is 1.17 bits per heavy atom. The molecule has 166 valence electrons. The highest BCUT2D eigenvalue weighted by molar-refractivity contribution is 5.82. The number of aliphatic imine (C=N–C) groups is 1. The standard InChI is InChI=1S/C22H34N4O4/c1-4-23-22(24-10-9-17-7-8-18(28-2)20(16-17)29-3)26-13-11-25(12-14-26)21(27)19-6-5-15-30-19/h7-8,16,19H,4-6,9-15H2,1-3H3,(H,23,24). The van der Waals surface area contributed by atoms with Crippen LogP contribution in [0.25, 0.3) is 0 Å². The molecule has 2 aliphatic heterocycles. The first-order valence-electron chi connectivity index (χ1n) is 10.8. The van der Waals surface area contributed by atoms with Gasteiger partial charge >= 0.3 is 0 Å². The summed E-state index contributed by atoms with van der Waals surface area (Å²) in [6.45, 7) is 7.23. The van der Waals surface area contributed by atoms with Crippen molar-refractivity contribution in [2.45, 2.75) is 32.3 Å². The molecule has 0 spiro atoms. The molecule has 2 saturated heterocycles. The molecule has 3 rings (SSSR count). The number of methoxy groups -OCH3 is 2. The lowest BCUT2D eigenvalue weighted by Gasteiger charge is -2.37. The van der Waals surface area contributed by atoms with Crippen LogP contribution in [0.1, 0.15) is 25.3 Å². The summed E-state index contributed by atoms with van der Waals surface area (Å²) in [4.78, 5) is 21.5. The minimum atomic E-state index is -0.236. The van der Waals surface area contributed by atoms with Crippen molar-refractivity contribution in [1.29, 1.82) is 0 Å². The predicted octanol–water partition coefficient (Wildman–Crippen LogP) is 1.54. The maximum absolute atomic E-state index is 12.5. The summed E-state index contributed by atoms with van der Waals surface area (Å²) >= 11 is 0. The fraction of sp³-hybridized carbons (Fsp3) is 0.636. The minimum Gasteiger partial charge on any atom is -0.493 e. The molecule has 30 heavy (non-hydrogen) atoms. The molecule has 2 aliphatic rings. The molecule has 1 atom stereocenters. The van der Waals surface area contributed by atoms with Crippen LogP contribution in [0.3, 0.4) is 0 Å². The van der Waals surface area contributed by atoms with Gasteiger partial charge in [0, 0.05) is 45.9 Å². The van der Waals surface area contributed by atoms with Gasteiger partial charge in [-0.05, 0) is 43.9 Å². The van der Waals surface area contributed by atoms with Crippen LogP contribution in [0.5, 0.6) is 11.5 Å². The molecule has 8 heteroatoms. The number of ether oxygens (including phenoxy) is 3. The summed E-state index contributed by atoms with van der Waals surface area (Å²) in [7, 11) is 3.28. The van der Waals surface area contributed by atoms with Crippen LogP contribution in [-0.2, 0) is 16.0 Å².